The molecule has 5 heteroatoms. The van der Waals surface area contributed by atoms with Crippen molar-refractivity contribution >= 4 is 17.3 Å². The van der Waals surface area contributed by atoms with Gasteiger partial charge in [0.25, 0.3) is 0 Å². The highest BCUT2D eigenvalue weighted by molar-refractivity contribution is 6.33. The van der Waals surface area contributed by atoms with Crippen molar-refractivity contribution in [2.75, 3.05) is 5.32 Å². The van der Waals surface area contributed by atoms with Crippen LogP contribution in [0.5, 0.6) is 0 Å². The van der Waals surface area contributed by atoms with E-state index in [1.54, 1.807) is 10.7 Å². The molecule has 0 fully saturated rings. The van der Waals surface area contributed by atoms with Gasteiger partial charge in [0.05, 0.1) is 22.4 Å². The fraction of sp³-hybridized carbons (Fsp3) is 0.308. The molecule has 2 aromatic rings. The van der Waals surface area contributed by atoms with Gasteiger partial charge >= 0.3 is 0 Å². The van der Waals surface area contributed by atoms with Gasteiger partial charge in [0, 0.05) is 18.8 Å². The summed E-state index contributed by atoms with van der Waals surface area (Å²) in [7, 11) is 1.87. The van der Waals surface area contributed by atoms with E-state index in [0.717, 1.165) is 11.3 Å². The highest BCUT2D eigenvalue weighted by atomic mass is 35.5. The van der Waals surface area contributed by atoms with Crippen molar-refractivity contribution in [3.63, 3.8) is 0 Å². The van der Waals surface area contributed by atoms with Crippen LogP contribution in [0.2, 0.25) is 5.02 Å². The van der Waals surface area contributed by atoms with Crippen LogP contribution < -0.4 is 5.32 Å². The van der Waals surface area contributed by atoms with Crippen molar-refractivity contribution in [1.29, 1.82) is 0 Å². The molecule has 0 spiro atoms. The Morgan fingerprint density at radius 3 is 2.78 bits per heavy atom. The lowest BCUT2D eigenvalue weighted by Gasteiger charge is -2.15. The molecule has 0 amide bonds. The van der Waals surface area contributed by atoms with Crippen LogP contribution in [0, 0.1) is 12.7 Å². The van der Waals surface area contributed by atoms with Gasteiger partial charge in [0.15, 0.2) is 0 Å². The lowest BCUT2D eigenvalue weighted by Crippen LogP contribution is -2.07. The number of aryl methyl sites for hydroxylation is 2. The maximum atomic E-state index is 13.2. The van der Waals surface area contributed by atoms with E-state index in [-0.39, 0.29) is 11.9 Å². The summed E-state index contributed by atoms with van der Waals surface area (Å²) >= 11 is 6.02. The molecule has 0 bridgehead atoms. The van der Waals surface area contributed by atoms with Gasteiger partial charge in [-0.15, -0.1) is 0 Å². The Labute approximate surface area is 111 Å². The Morgan fingerprint density at radius 1 is 1.44 bits per heavy atom. The zero-order chi connectivity index (χ0) is 13.3. The van der Waals surface area contributed by atoms with Crippen molar-refractivity contribution in [2.24, 2.45) is 7.05 Å². The molecule has 1 unspecified atom stereocenters. The number of anilines is 1. The molecule has 0 aliphatic rings. The average molecular weight is 268 g/mol. The molecule has 3 nitrogen and oxygen atoms in total. The fourth-order valence-corrected chi connectivity index (χ4v) is 2.13. The first-order chi connectivity index (χ1) is 8.47. The Balaban J connectivity index is 2.23. The zero-order valence-corrected chi connectivity index (χ0v) is 11.3. The van der Waals surface area contributed by atoms with Gasteiger partial charge in [-0.05, 0) is 32.0 Å². The largest absolute Gasteiger partial charge is 0.377 e. The first kappa shape index (κ1) is 12.9. The molecule has 1 heterocycles. The standard InChI is InChI=1S/C13H15ClFN3/c1-8(11-7-18(3)17-9(11)2)16-13-6-10(15)4-5-12(13)14/h4-8,16H,1-3H3. The van der Waals surface area contributed by atoms with E-state index in [1.165, 1.54) is 12.1 Å². The second kappa shape index (κ2) is 4.98. The van der Waals surface area contributed by atoms with Crippen LogP contribution in [-0.2, 0) is 7.05 Å². The third-order valence-corrected chi connectivity index (χ3v) is 3.15. The fourth-order valence-electron chi connectivity index (χ4n) is 1.96. The summed E-state index contributed by atoms with van der Waals surface area (Å²) in [6.07, 6.45) is 1.94. The summed E-state index contributed by atoms with van der Waals surface area (Å²) in [5.41, 5.74) is 2.61. The van der Waals surface area contributed by atoms with Crippen LogP contribution in [0.4, 0.5) is 10.1 Å². The molecular formula is C13H15ClFN3. The average Bonchev–Trinajstić information content (AvgIpc) is 2.63. The zero-order valence-electron chi connectivity index (χ0n) is 10.5. The molecule has 18 heavy (non-hydrogen) atoms. The molecule has 96 valence electrons. The number of nitrogens with one attached hydrogen (secondary N) is 1. The van der Waals surface area contributed by atoms with E-state index in [2.05, 4.69) is 10.4 Å². The topological polar surface area (TPSA) is 29.9 Å². The van der Waals surface area contributed by atoms with Crippen molar-refractivity contribution < 1.29 is 4.39 Å². The van der Waals surface area contributed by atoms with Crippen molar-refractivity contribution in [3.05, 3.63) is 46.5 Å². The van der Waals surface area contributed by atoms with Crippen LogP contribution in [0.3, 0.4) is 0 Å². The second-order valence-electron chi connectivity index (χ2n) is 4.33. The molecule has 0 saturated carbocycles. The first-order valence-corrected chi connectivity index (χ1v) is 6.07. The second-order valence-corrected chi connectivity index (χ2v) is 4.74. The van der Waals surface area contributed by atoms with Gasteiger partial charge in [0.2, 0.25) is 0 Å². The van der Waals surface area contributed by atoms with Gasteiger partial charge in [-0.25, -0.2) is 4.39 Å². The van der Waals surface area contributed by atoms with Crippen LogP contribution in [-0.4, -0.2) is 9.78 Å². The lowest BCUT2D eigenvalue weighted by atomic mass is 10.1. The number of hydrogen-bond acceptors (Lipinski definition) is 2. The Bertz CT molecular complexity index is 565. The molecule has 1 N–H and O–H groups in total. The third-order valence-electron chi connectivity index (χ3n) is 2.82. The summed E-state index contributed by atoms with van der Waals surface area (Å²) in [5, 5.41) is 7.98. The van der Waals surface area contributed by atoms with Crippen molar-refractivity contribution in [2.45, 2.75) is 19.9 Å². The van der Waals surface area contributed by atoms with E-state index in [9.17, 15) is 4.39 Å². The summed E-state index contributed by atoms with van der Waals surface area (Å²) in [6.45, 7) is 3.94. The molecule has 0 aliphatic heterocycles. The van der Waals surface area contributed by atoms with Crippen molar-refractivity contribution in [3.8, 4) is 0 Å². The molecular weight excluding hydrogens is 253 g/mol. The molecule has 0 aliphatic carbocycles. The van der Waals surface area contributed by atoms with E-state index >= 15 is 0 Å². The minimum absolute atomic E-state index is 0.0120. The van der Waals surface area contributed by atoms with E-state index in [1.807, 2.05) is 27.1 Å². The monoisotopic (exact) mass is 267 g/mol. The lowest BCUT2D eigenvalue weighted by molar-refractivity contribution is 0.628. The third kappa shape index (κ3) is 2.64. The van der Waals surface area contributed by atoms with Gasteiger partial charge in [-0.1, -0.05) is 11.6 Å². The Morgan fingerprint density at radius 2 is 2.17 bits per heavy atom. The number of hydrogen-bond donors (Lipinski definition) is 1. The minimum atomic E-state index is -0.308. The van der Waals surface area contributed by atoms with Crippen molar-refractivity contribution in [1.82, 2.24) is 9.78 Å². The van der Waals surface area contributed by atoms with Crippen LogP contribution in [0.1, 0.15) is 24.2 Å². The van der Waals surface area contributed by atoms with E-state index in [0.29, 0.717) is 10.7 Å². The minimum Gasteiger partial charge on any atom is -0.377 e. The number of halogens is 2. The highest BCUT2D eigenvalue weighted by Gasteiger charge is 2.13. The van der Waals surface area contributed by atoms with Gasteiger partial charge in [0.1, 0.15) is 5.82 Å². The van der Waals surface area contributed by atoms with Gasteiger partial charge in [-0.2, -0.15) is 5.10 Å². The highest BCUT2D eigenvalue weighted by Crippen LogP contribution is 2.27. The molecule has 0 saturated heterocycles. The summed E-state index contributed by atoms with van der Waals surface area (Å²) < 4.78 is 14.9. The Kier molecular flexibility index (Phi) is 3.57. The van der Waals surface area contributed by atoms with Crippen LogP contribution in [0.25, 0.3) is 0 Å². The molecule has 0 radical (unpaired) electrons. The number of rotatable bonds is 3. The number of aromatic nitrogens is 2. The molecule has 1 atom stereocenters. The number of nitrogens with zero attached hydrogens (tertiary/aromatic N) is 2. The SMILES string of the molecule is Cc1nn(C)cc1C(C)Nc1cc(F)ccc1Cl. The molecule has 1 aromatic carbocycles. The quantitative estimate of drug-likeness (QED) is 0.919. The maximum Gasteiger partial charge on any atom is 0.125 e. The predicted molar refractivity (Wildman–Crippen MR) is 71.4 cm³/mol. The maximum absolute atomic E-state index is 13.2. The summed E-state index contributed by atoms with van der Waals surface area (Å²) in [6, 6.07) is 4.29. The van der Waals surface area contributed by atoms with Gasteiger partial charge in [-0.3, -0.25) is 4.68 Å². The predicted octanol–water partition coefficient (Wildman–Crippen LogP) is 3.69. The van der Waals surface area contributed by atoms with E-state index < -0.39 is 0 Å². The van der Waals surface area contributed by atoms with E-state index in [4.69, 9.17) is 11.6 Å². The molecule has 1 aromatic heterocycles. The summed E-state index contributed by atoms with van der Waals surface area (Å²) in [4.78, 5) is 0. The smallest absolute Gasteiger partial charge is 0.125 e. The van der Waals surface area contributed by atoms with Crippen LogP contribution >= 0.6 is 11.6 Å². The first-order valence-electron chi connectivity index (χ1n) is 5.69. The normalized spacial score (nSPS) is 12.5. The number of benzene rings is 1. The Hall–Kier alpha value is -1.55. The molecule has 2 rings (SSSR count). The van der Waals surface area contributed by atoms with Crippen LogP contribution in [0.15, 0.2) is 24.4 Å². The summed E-state index contributed by atoms with van der Waals surface area (Å²) in [5.74, 6) is -0.308. The van der Waals surface area contributed by atoms with Gasteiger partial charge < -0.3 is 5.32 Å².